The van der Waals surface area contributed by atoms with Crippen LogP contribution in [0.4, 0.5) is 0 Å². The summed E-state index contributed by atoms with van der Waals surface area (Å²) < 4.78 is 28.3. The second kappa shape index (κ2) is 10.5. The average Bonchev–Trinajstić information content (AvgIpc) is 2.47. The second-order valence-electron chi connectivity index (χ2n) is 7.72. The molecule has 146 valence electrons. The van der Waals surface area contributed by atoms with Gasteiger partial charge in [-0.2, -0.15) is 0 Å². The highest BCUT2D eigenvalue weighted by molar-refractivity contribution is 6.84. The molecule has 0 aliphatic carbocycles. The molecule has 2 unspecified atom stereocenters. The van der Waals surface area contributed by atoms with E-state index in [0.717, 1.165) is 12.5 Å². The maximum Gasteiger partial charge on any atom is 0.500 e. The van der Waals surface area contributed by atoms with Crippen LogP contribution in [0.3, 0.4) is 0 Å². The SMILES string of the molecule is CCC(C[Si](O)(OC)OC)OCC(C[Si](C)(C)O[Si](C)(C)C)OC. The minimum atomic E-state index is -3.12. The largest absolute Gasteiger partial charge is 0.500 e. The highest BCUT2D eigenvalue weighted by Crippen LogP contribution is 2.22. The van der Waals surface area contributed by atoms with Gasteiger partial charge < -0.3 is 27.2 Å². The van der Waals surface area contributed by atoms with Crippen molar-refractivity contribution >= 4 is 25.4 Å². The predicted molar refractivity (Wildman–Crippen MR) is 104 cm³/mol. The molecule has 0 saturated heterocycles. The third-order valence-electron chi connectivity index (χ3n) is 3.73. The van der Waals surface area contributed by atoms with Gasteiger partial charge in [-0.05, 0) is 45.2 Å². The van der Waals surface area contributed by atoms with Gasteiger partial charge in [0.15, 0.2) is 16.6 Å². The number of ether oxygens (including phenoxy) is 2. The van der Waals surface area contributed by atoms with E-state index in [1.165, 1.54) is 14.2 Å². The molecular weight excluding hydrogens is 360 g/mol. The summed E-state index contributed by atoms with van der Waals surface area (Å²) in [6.45, 7) is 13.6. The van der Waals surface area contributed by atoms with Gasteiger partial charge in [-0.15, -0.1) is 0 Å². The molecule has 0 rings (SSSR count). The Morgan fingerprint density at radius 3 is 1.79 bits per heavy atom. The van der Waals surface area contributed by atoms with Crippen molar-refractivity contribution in [2.75, 3.05) is 27.9 Å². The lowest BCUT2D eigenvalue weighted by Gasteiger charge is -2.34. The van der Waals surface area contributed by atoms with Crippen LogP contribution in [0.25, 0.3) is 0 Å². The molecule has 0 fully saturated rings. The molecule has 0 aromatic heterocycles. The molecule has 9 heteroatoms. The summed E-state index contributed by atoms with van der Waals surface area (Å²) in [4.78, 5) is 10.2. The Morgan fingerprint density at radius 2 is 1.42 bits per heavy atom. The monoisotopic (exact) mass is 398 g/mol. The topological polar surface area (TPSA) is 66.4 Å². The van der Waals surface area contributed by atoms with E-state index >= 15 is 0 Å². The summed E-state index contributed by atoms with van der Waals surface area (Å²) in [5.41, 5.74) is 0. The van der Waals surface area contributed by atoms with Crippen LogP contribution in [-0.2, 0) is 22.4 Å². The van der Waals surface area contributed by atoms with Crippen LogP contribution in [0.2, 0.25) is 44.8 Å². The molecule has 0 spiro atoms. The van der Waals surface area contributed by atoms with E-state index in [1.54, 1.807) is 7.11 Å². The fourth-order valence-corrected chi connectivity index (χ4v) is 12.6. The molecule has 0 aromatic carbocycles. The van der Waals surface area contributed by atoms with Gasteiger partial charge in [-0.25, -0.2) is 0 Å². The maximum atomic E-state index is 10.2. The van der Waals surface area contributed by atoms with Gasteiger partial charge in [0.2, 0.25) is 0 Å². The van der Waals surface area contributed by atoms with E-state index in [4.69, 9.17) is 22.4 Å². The van der Waals surface area contributed by atoms with Crippen LogP contribution in [0.1, 0.15) is 13.3 Å². The summed E-state index contributed by atoms with van der Waals surface area (Å²) in [6.07, 6.45) is 0.670. The average molecular weight is 399 g/mol. The van der Waals surface area contributed by atoms with Crippen molar-refractivity contribution in [3.05, 3.63) is 0 Å². The molecule has 6 nitrogen and oxygen atoms in total. The van der Waals surface area contributed by atoms with Crippen LogP contribution >= 0.6 is 0 Å². The normalized spacial score (nSPS) is 16.2. The number of rotatable bonds is 13. The molecule has 1 N–H and O–H groups in total. The Bertz CT molecular complexity index is 345. The molecule has 0 saturated carbocycles. The molecular formula is C15H38O6Si3. The van der Waals surface area contributed by atoms with Gasteiger partial charge in [0, 0.05) is 27.4 Å². The van der Waals surface area contributed by atoms with Crippen molar-refractivity contribution in [2.45, 2.75) is 70.4 Å². The quantitative estimate of drug-likeness (QED) is 0.481. The van der Waals surface area contributed by atoms with Gasteiger partial charge in [-0.3, -0.25) is 0 Å². The standard InChI is InChI=1S/C15H38O6Si3/c1-10-14(13-24(16,18-3)19-4)20-11-15(17-2)12-23(8,9)21-22(5,6)7/h14-16H,10-13H2,1-9H3. The van der Waals surface area contributed by atoms with Crippen molar-refractivity contribution in [3.63, 3.8) is 0 Å². The number of methoxy groups -OCH3 is 1. The summed E-state index contributed by atoms with van der Waals surface area (Å²) in [5, 5.41) is 0. The maximum absolute atomic E-state index is 10.2. The molecule has 0 bridgehead atoms. The van der Waals surface area contributed by atoms with Gasteiger partial charge >= 0.3 is 8.80 Å². The Morgan fingerprint density at radius 1 is 0.875 bits per heavy atom. The van der Waals surface area contributed by atoms with Gasteiger partial charge in [-0.1, -0.05) is 6.92 Å². The summed E-state index contributed by atoms with van der Waals surface area (Å²) in [7, 11) is -1.82. The molecule has 0 aliphatic heterocycles. The molecule has 24 heavy (non-hydrogen) atoms. The van der Waals surface area contributed by atoms with Crippen molar-refractivity contribution in [1.82, 2.24) is 0 Å². The van der Waals surface area contributed by atoms with E-state index < -0.39 is 25.4 Å². The zero-order valence-electron chi connectivity index (χ0n) is 17.0. The molecule has 0 amide bonds. The van der Waals surface area contributed by atoms with E-state index in [-0.39, 0.29) is 12.2 Å². The Kier molecular flexibility index (Phi) is 10.7. The Hall–Kier alpha value is 0.411. The lowest BCUT2D eigenvalue weighted by atomic mass is 10.3. The second-order valence-corrected chi connectivity index (χ2v) is 19.3. The zero-order chi connectivity index (χ0) is 19.0. The first kappa shape index (κ1) is 24.4. The third-order valence-corrected chi connectivity index (χ3v) is 12.1. The number of hydrogen-bond donors (Lipinski definition) is 1. The fourth-order valence-electron chi connectivity index (χ4n) is 2.73. The van der Waals surface area contributed by atoms with Gasteiger partial charge in [0.1, 0.15) is 0 Å². The van der Waals surface area contributed by atoms with Crippen LogP contribution < -0.4 is 0 Å². The van der Waals surface area contributed by atoms with Crippen LogP contribution in [0.5, 0.6) is 0 Å². The van der Waals surface area contributed by atoms with Crippen LogP contribution in [-0.4, -0.2) is 70.4 Å². The summed E-state index contributed by atoms with van der Waals surface area (Å²) >= 11 is 0. The molecule has 0 radical (unpaired) electrons. The Labute approximate surface area is 151 Å². The van der Waals surface area contributed by atoms with E-state index in [1.807, 2.05) is 6.92 Å². The minimum Gasteiger partial charge on any atom is -0.456 e. The summed E-state index contributed by atoms with van der Waals surface area (Å²) in [5.74, 6) is 0. The van der Waals surface area contributed by atoms with Crippen LogP contribution in [0.15, 0.2) is 0 Å². The van der Waals surface area contributed by atoms with E-state index in [2.05, 4.69) is 32.7 Å². The molecule has 2 atom stereocenters. The molecule has 0 aliphatic rings. The first-order chi connectivity index (χ1) is 10.9. The van der Waals surface area contributed by atoms with Crippen molar-refractivity contribution < 1.29 is 27.2 Å². The third kappa shape index (κ3) is 10.4. The van der Waals surface area contributed by atoms with E-state index in [9.17, 15) is 4.80 Å². The highest BCUT2D eigenvalue weighted by atomic mass is 28.4. The molecule has 0 aromatic rings. The lowest BCUT2D eigenvalue weighted by Crippen LogP contribution is -2.46. The van der Waals surface area contributed by atoms with Crippen LogP contribution in [0, 0.1) is 0 Å². The van der Waals surface area contributed by atoms with Gasteiger partial charge in [0.05, 0.1) is 18.8 Å². The lowest BCUT2D eigenvalue weighted by molar-refractivity contribution is -0.0216. The Balaban J connectivity index is 4.60. The molecule has 0 heterocycles. The van der Waals surface area contributed by atoms with E-state index in [0.29, 0.717) is 12.7 Å². The van der Waals surface area contributed by atoms with Gasteiger partial charge in [0.25, 0.3) is 0 Å². The fraction of sp³-hybridized carbons (Fsp3) is 1.00. The smallest absolute Gasteiger partial charge is 0.456 e. The zero-order valence-corrected chi connectivity index (χ0v) is 20.0. The van der Waals surface area contributed by atoms with Crippen molar-refractivity contribution in [2.24, 2.45) is 0 Å². The first-order valence-corrected chi connectivity index (χ1v) is 17.1. The van der Waals surface area contributed by atoms with Crippen molar-refractivity contribution in [1.29, 1.82) is 0 Å². The minimum absolute atomic E-state index is 0.00286. The predicted octanol–water partition coefficient (Wildman–Crippen LogP) is 3.08. The summed E-state index contributed by atoms with van der Waals surface area (Å²) in [6, 6.07) is 1.28. The van der Waals surface area contributed by atoms with Crippen molar-refractivity contribution in [3.8, 4) is 0 Å². The first-order valence-electron chi connectivity index (χ1n) is 8.57. The highest BCUT2D eigenvalue weighted by Gasteiger charge is 2.38. The number of hydrogen-bond acceptors (Lipinski definition) is 6.